The Morgan fingerprint density at radius 3 is 2.63 bits per heavy atom. The number of aliphatic hydroxyl groups is 4. The molecule has 4 aliphatic carbocycles. The van der Waals surface area contributed by atoms with Gasteiger partial charge in [0.2, 0.25) is 0 Å². The van der Waals surface area contributed by atoms with Crippen molar-refractivity contribution in [1.82, 2.24) is 0 Å². The van der Waals surface area contributed by atoms with E-state index in [2.05, 4.69) is 0 Å². The molecule has 8 atom stereocenters. The second kappa shape index (κ2) is 5.96. The van der Waals surface area contributed by atoms with E-state index in [4.69, 9.17) is 0 Å². The van der Waals surface area contributed by atoms with Gasteiger partial charge in [0.15, 0.2) is 11.6 Å². The molecule has 0 radical (unpaired) electrons. The minimum absolute atomic E-state index is 0.0166. The lowest BCUT2D eigenvalue weighted by Crippen LogP contribution is -2.63. The zero-order valence-electron chi connectivity index (χ0n) is 16.0. The molecule has 0 heterocycles. The first-order valence-electron chi connectivity index (χ1n) is 10.1. The van der Waals surface area contributed by atoms with Gasteiger partial charge in [0, 0.05) is 11.8 Å². The molecular weight excluding hydrogens is 348 g/mol. The van der Waals surface area contributed by atoms with Crippen molar-refractivity contribution in [2.45, 2.75) is 70.2 Å². The van der Waals surface area contributed by atoms with Crippen molar-refractivity contribution in [3.63, 3.8) is 0 Å². The van der Waals surface area contributed by atoms with Crippen LogP contribution in [0.4, 0.5) is 0 Å². The molecule has 6 heteroatoms. The monoisotopic (exact) mass is 378 g/mol. The molecule has 0 unspecified atom stereocenters. The Bertz CT molecular complexity index is 715. The Labute approximate surface area is 159 Å². The number of rotatable bonds is 2. The van der Waals surface area contributed by atoms with Crippen molar-refractivity contribution < 1.29 is 30.0 Å². The first-order valence-corrected chi connectivity index (χ1v) is 10.1. The predicted octanol–water partition coefficient (Wildman–Crippen LogP) is 0.752. The van der Waals surface area contributed by atoms with Crippen LogP contribution >= 0.6 is 0 Å². The van der Waals surface area contributed by atoms with Gasteiger partial charge in [0.05, 0.1) is 12.2 Å². The van der Waals surface area contributed by atoms with Crippen LogP contribution < -0.4 is 0 Å². The van der Waals surface area contributed by atoms with Crippen LogP contribution in [0, 0.1) is 28.6 Å². The van der Waals surface area contributed by atoms with Crippen LogP contribution in [-0.2, 0) is 9.59 Å². The molecule has 0 amide bonds. The van der Waals surface area contributed by atoms with Gasteiger partial charge < -0.3 is 20.4 Å². The first-order chi connectivity index (χ1) is 12.6. The minimum atomic E-state index is -1.64. The minimum Gasteiger partial charge on any atom is -0.393 e. The first kappa shape index (κ1) is 19.2. The molecule has 0 saturated heterocycles. The van der Waals surface area contributed by atoms with Crippen LogP contribution in [0.25, 0.3) is 0 Å². The van der Waals surface area contributed by atoms with E-state index in [0.29, 0.717) is 25.7 Å². The third kappa shape index (κ3) is 2.33. The summed E-state index contributed by atoms with van der Waals surface area (Å²) in [6, 6.07) is 0. The summed E-state index contributed by atoms with van der Waals surface area (Å²) in [5.41, 5.74) is -2.17. The lowest BCUT2D eigenvalue weighted by molar-refractivity contribution is -0.187. The lowest BCUT2D eigenvalue weighted by atomic mass is 9.45. The molecule has 0 aromatic carbocycles. The topological polar surface area (TPSA) is 115 Å². The molecule has 0 aromatic rings. The zero-order chi connectivity index (χ0) is 19.8. The summed E-state index contributed by atoms with van der Waals surface area (Å²) in [7, 11) is 0. The van der Waals surface area contributed by atoms with Crippen molar-refractivity contribution in [2.24, 2.45) is 28.6 Å². The number of ketones is 2. The smallest absolute Gasteiger partial charge is 0.190 e. The predicted molar refractivity (Wildman–Crippen MR) is 96.5 cm³/mol. The van der Waals surface area contributed by atoms with E-state index in [9.17, 15) is 30.0 Å². The van der Waals surface area contributed by atoms with E-state index in [-0.39, 0.29) is 36.4 Å². The standard InChI is InChI=1S/C21H30O6/c1-19-5-3-11(23)7-14(19)15(24)8-12-13-4-6-21(27,17(26)10-22)20(13,2)9-16(25)18(12)19/h7,12-13,15-16,18,22,24-25,27H,3-6,8-10H2,1-2H3/t12-,13+,15-,16-,18-,19-,20-,21-/m0/s1. The maximum absolute atomic E-state index is 12.4. The molecule has 0 bridgehead atoms. The second-order valence-electron chi connectivity index (χ2n) is 9.70. The SMILES string of the molecule is C[C@]12CCC(=O)C=C1[C@@H](O)C[C@@H]1[C@H]2[C@@H](O)C[C@@]2(C)[C@@H]1CC[C@]2(O)C(=O)CO. The fourth-order valence-corrected chi connectivity index (χ4v) is 7.33. The summed E-state index contributed by atoms with van der Waals surface area (Å²) in [6.07, 6.45) is 2.75. The Kier molecular flexibility index (Phi) is 4.25. The number of carbonyl (C=O) groups is 2. The number of aliphatic hydroxyl groups excluding tert-OH is 3. The number of carbonyl (C=O) groups excluding carboxylic acids is 2. The zero-order valence-corrected chi connectivity index (χ0v) is 16.0. The Morgan fingerprint density at radius 2 is 1.96 bits per heavy atom. The molecule has 3 saturated carbocycles. The van der Waals surface area contributed by atoms with Crippen molar-refractivity contribution in [1.29, 1.82) is 0 Å². The molecule has 0 aliphatic heterocycles. The van der Waals surface area contributed by atoms with Crippen molar-refractivity contribution in [2.75, 3.05) is 6.61 Å². The fraction of sp³-hybridized carbons (Fsp3) is 0.810. The van der Waals surface area contributed by atoms with Crippen LogP contribution in [0.5, 0.6) is 0 Å². The van der Waals surface area contributed by atoms with Crippen LogP contribution in [0.1, 0.15) is 52.4 Å². The Morgan fingerprint density at radius 1 is 1.26 bits per heavy atom. The van der Waals surface area contributed by atoms with Crippen molar-refractivity contribution in [3.8, 4) is 0 Å². The molecule has 27 heavy (non-hydrogen) atoms. The summed E-state index contributed by atoms with van der Waals surface area (Å²) in [6.45, 7) is 3.18. The molecule has 150 valence electrons. The molecular formula is C21H30O6. The Hall–Kier alpha value is -1.08. The maximum Gasteiger partial charge on any atom is 0.190 e. The third-order valence-corrected chi connectivity index (χ3v) is 8.67. The highest BCUT2D eigenvalue weighted by atomic mass is 16.3. The van der Waals surface area contributed by atoms with Crippen LogP contribution in [0.3, 0.4) is 0 Å². The molecule has 6 nitrogen and oxygen atoms in total. The summed E-state index contributed by atoms with van der Waals surface area (Å²) in [4.78, 5) is 24.3. The highest BCUT2D eigenvalue weighted by molar-refractivity contribution is 5.92. The number of hydrogen-bond acceptors (Lipinski definition) is 6. The van der Waals surface area contributed by atoms with Gasteiger partial charge in [-0.05, 0) is 66.9 Å². The maximum atomic E-state index is 12.4. The van der Waals surface area contributed by atoms with E-state index >= 15 is 0 Å². The molecule has 0 spiro atoms. The third-order valence-electron chi connectivity index (χ3n) is 8.67. The van der Waals surface area contributed by atoms with E-state index in [0.717, 1.165) is 5.57 Å². The van der Waals surface area contributed by atoms with Crippen LogP contribution in [-0.4, -0.2) is 56.4 Å². The van der Waals surface area contributed by atoms with Crippen LogP contribution in [0.15, 0.2) is 11.6 Å². The summed E-state index contributed by atoms with van der Waals surface area (Å²) >= 11 is 0. The van der Waals surface area contributed by atoms with Gasteiger partial charge in [-0.1, -0.05) is 13.8 Å². The summed E-state index contributed by atoms with van der Waals surface area (Å²) < 4.78 is 0. The number of Topliss-reactive ketones (excluding diaryl/α,β-unsaturated/α-hetero) is 1. The molecule has 3 fully saturated rings. The van der Waals surface area contributed by atoms with E-state index < -0.39 is 41.0 Å². The van der Waals surface area contributed by atoms with Crippen molar-refractivity contribution >= 4 is 11.6 Å². The van der Waals surface area contributed by atoms with Gasteiger partial charge >= 0.3 is 0 Å². The second-order valence-corrected chi connectivity index (χ2v) is 9.70. The van der Waals surface area contributed by atoms with E-state index in [1.165, 1.54) is 0 Å². The highest BCUT2D eigenvalue weighted by Crippen LogP contribution is 2.67. The van der Waals surface area contributed by atoms with Gasteiger partial charge in [0.25, 0.3) is 0 Å². The molecule has 4 rings (SSSR count). The van der Waals surface area contributed by atoms with Crippen molar-refractivity contribution in [3.05, 3.63) is 11.6 Å². The fourth-order valence-electron chi connectivity index (χ4n) is 7.33. The Balaban J connectivity index is 1.77. The molecule has 4 N–H and O–H groups in total. The lowest BCUT2D eigenvalue weighted by Gasteiger charge is -2.61. The van der Waals surface area contributed by atoms with Gasteiger partial charge in [-0.3, -0.25) is 9.59 Å². The molecule has 4 aliphatic rings. The van der Waals surface area contributed by atoms with E-state index in [1.54, 1.807) is 6.08 Å². The quantitative estimate of drug-likeness (QED) is 0.564. The summed E-state index contributed by atoms with van der Waals surface area (Å²) in [5, 5.41) is 42.6. The average Bonchev–Trinajstić information content (AvgIpc) is 2.87. The van der Waals surface area contributed by atoms with Gasteiger partial charge in [-0.15, -0.1) is 0 Å². The highest BCUT2D eigenvalue weighted by Gasteiger charge is 2.68. The van der Waals surface area contributed by atoms with Crippen LogP contribution in [0.2, 0.25) is 0 Å². The van der Waals surface area contributed by atoms with Gasteiger partial charge in [-0.25, -0.2) is 0 Å². The number of hydrogen-bond donors (Lipinski definition) is 4. The normalized spacial score (nSPS) is 51.9. The number of fused-ring (bicyclic) bond motifs is 5. The average molecular weight is 378 g/mol. The largest absolute Gasteiger partial charge is 0.393 e. The molecule has 0 aromatic heterocycles. The van der Waals surface area contributed by atoms with Gasteiger partial charge in [-0.2, -0.15) is 0 Å². The van der Waals surface area contributed by atoms with Gasteiger partial charge in [0.1, 0.15) is 12.2 Å². The van der Waals surface area contributed by atoms with E-state index in [1.807, 2.05) is 13.8 Å². The summed E-state index contributed by atoms with van der Waals surface area (Å²) in [5.74, 6) is -0.713.